The van der Waals surface area contributed by atoms with Crippen LogP contribution in [0.15, 0.2) is 42.6 Å². The molecule has 2 rings (SSSR count). The first-order valence-corrected chi connectivity index (χ1v) is 9.39. The molecular weight excluding hydrogens is 350 g/mol. The fourth-order valence-electron chi connectivity index (χ4n) is 1.99. The quantitative estimate of drug-likeness (QED) is 0.850. The van der Waals surface area contributed by atoms with Crippen LogP contribution in [0, 0.1) is 6.92 Å². The zero-order valence-corrected chi connectivity index (χ0v) is 14.9. The molecule has 0 saturated heterocycles. The van der Waals surface area contributed by atoms with Crippen molar-refractivity contribution in [2.75, 3.05) is 18.1 Å². The van der Waals surface area contributed by atoms with Crippen LogP contribution in [0.25, 0.3) is 0 Å². The Morgan fingerprint density at radius 1 is 1.29 bits per heavy atom. The van der Waals surface area contributed by atoms with E-state index in [0.29, 0.717) is 16.4 Å². The van der Waals surface area contributed by atoms with Crippen molar-refractivity contribution in [1.29, 1.82) is 0 Å². The molecule has 6 nitrogen and oxygen atoms in total. The molecular formula is C16H18ClN3O3S. The van der Waals surface area contributed by atoms with Gasteiger partial charge in [-0.3, -0.25) is 9.78 Å². The minimum atomic E-state index is -3.56. The Kier molecular flexibility index (Phi) is 5.93. The van der Waals surface area contributed by atoms with Crippen molar-refractivity contribution in [1.82, 2.24) is 9.29 Å². The third kappa shape index (κ3) is 5.30. The molecule has 0 saturated carbocycles. The summed E-state index contributed by atoms with van der Waals surface area (Å²) in [5.74, 6) is -0.448. The number of anilines is 1. The van der Waals surface area contributed by atoms with Crippen molar-refractivity contribution in [2.24, 2.45) is 0 Å². The molecule has 1 aromatic heterocycles. The van der Waals surface area contributed by atoms with Crippen LogP contribution in [-0.2, 0) is 21.4 Å². The molecule has 0 aliphatic heterocycles. The van der Waals surface area contributed by atoms with Crippen LogP contribution in [0.5, 0.6) is 0 Å². The van der Waals surface area contributed by atoms with Gasteiger partial charge in [0.15, 0.2) is 0 Å². The molecule has 128 valence electrons. The average molecular weight is 368 g/mol. The number of aryl methyl sites for hydroxylation is 1. The van der Waals surface area contributed by atoms with Gasteiger partial charge in [0.1, 0.15) is 0 Å². The fraction of sp³-hybridized carbons (Fsp3) is 0.250. The molecule has 0 spiro atoms. The van der Waals surface area contributed by atoms with Gasteiger partial charge in [0.2, 0.25) is 15.9 Å². The Morgan fingerprint density at radius 3 is 2.62 bits per heavy atom. The standard InChI is InChI=1S/C16H18ClN3O3S/c1-12-6-7-13(9-15(12)17)19-16(21)11-20(24(2,22)23)10-14-5-3-4-8-18-14/h3-9H,10-11H2,1-2H3,(H,19,21). The summed E-state index contributed by atoms with van der Waals surface area (Å²) in [6.07, 6.45) is 2.64. The minimum Gasteiger partial charge on any atom is -0.325 e. The summed E-state index contributed by atoms with van der Waals surface area (Å²) in [7, 11) is -3.56. The normalized spacial score (nSPS) is 11.5. The van der Waals surface area contributed by atoms with Gasteiger partial charge in [0.05, 0.1) is 25.0 Å². The van der Waals surface area contributed by atoms with Gasteiger partial charge in [-0.2, -0.15) is 4.31 Å². The van der Waals surface area contributed by atoms with Crippen LogP contribution in [0.3, 0.4) is 0 Å². The average Bonchev–Trinajstić information content (AvgIpc) is 2.50. The molecule has 1 amide bonds. The summed E-state index contributed by atoms with van der Waals surface area (Å²) in [6.45, 7) is 1.58. The monoisotopic (exact) mass is 367 g/mol. The van der Waals surface area contributed by atoms with E-state index in [2.05, 4.69) is 10.3 Å². The largest absolute Gasteiger partial charge is 0.325 e. The summed E-state index contributed by atoms with van der Waals surface area (Å²) in [4.78, 5) is 16.3. The molecule has 0 radical (unpaired) electrons. The molecule has 1 N–H and O–H groups in total. The Morgan fingerprint density at radius 2 is 2.04 bits per heavy atom. The molecule has 24 heavy (non-hydrogen) atoms. The number of nitrogens with zero attached hydrogens (tertiary/aromatic N) is 2. The number of carbonyl (C=O) groups is 1. The van der Waals surface area contributed by atoms with Crippen molar-refractivity contribution in [3.05, 3.63) is 58.9 Å². The van der Waals surface area contributed by atoms with Crippen molar-refractivity contribution in [3.8, 4) is 0 Å². The molecule has 0 bridgehead atoms. The highest BCUT2D eigenvalue weighted by atomic mass is 35.5. The van der Waals surface area contributed by atoms with Crippen LogP contribution in [0.4, 0.5) is 5.69 Å². The van der Waals surface area contributed by atoms with Crippen molar-refractivity contribution in [2.45, 2.75) is 13.5 Å². The van der Waals surface area contributed by atoms with Crippen molar-refractivity contribution in [3.63, 3.8) is 0 Å². The van der Waals surface area contributed by atoms with Gasteiger partial charge in [0.25, 0.3) is 0 Å². The molecule has 0 atom stereocenters. The van der Waals surface area contributed by atoms with Gasteiger partial charge in [-0.25, -0.2) is 8.42 Å². The second kappa shape index (κ2) is 7.74. The Balaban J connectivity index is 2.08. The minimum absolute atomic E-state index is 0.0295. The van der Waals surface area contributed by atoms with E-state index in [4.69, 9.17) is 11.6 Å². The zero-order chi connectivity index (χ0) is 17.7. The smallest absolute Gasteiger partial charge is 0.239 e. The number of amides is 1. The number of hydrogen-bond acceptors (Lipinski definition) is 4. The van der Waals surface area contributed by atoms with Crippen molar-refractivity contribution >= 4 is 33.2 Å². The maximum absolute atomic E-state index is 12.2. The van der Waals surface area contributed by atoms with E-state index in [0.717, 1.165) is 16.1 Å². The Hall–Kier alpha value is -1.96. The van der Waals surface area contributed by atoms with E-state index in [1.54, 1.807) is 42.6 Å². The highest BCUT2D eigenvalue weighted by molar-refractivity contribution is 7.88. The lowest BCUT2D eigenvalue weighted by atomic mass is 10.2. The Bertz CT molecular complexity index is 826. The van der Waals surface area contributed by atoms with E-state index in [-0.39, 0.29) is 13.1 Å². The highest BCUT2D eigenvalue weighted by Crippen LogP contribution is 2.20. The first-order chi connectivity index (χ1) is 11.3. The van der Waals surface area contributed by atoms with Crippen molar-refractivity contribution < 1.29 is 13.2 Å². The topological polar surface area (TPSA) is 79.4 Å². The van der Waals surface area contributed by atoms with E-state index in [1.807, 2.05) is 6.92 Å². The maximum atomic E-state index is 12.2. The van der Waals surface area contributed by atoms with E-state index in [9.17, 15) is 13.2 Å². The predicted octanol–water partition coefficient (Wildman–Crippen LogP) is 2.44. The second-order valence-corrected chi connectivity index (χ2v) is 7.75. The number of sulfonamides is 1. The van der Waals surface area contributed by atoms with Crippen LogP contribution >= 0.6 is 11.6 Å². The van der Waals surface area contributed by atoms with Gasteiger partial charge >= 0.3 is 0 Å². The molecule has 8 heteroatoms. The van der Waals surface area contributed by atoms with E-state index < -0.39 is 15.9 Å². The van der Waals surface area contributed by atoms with Gasteiger partial charge < -0.3 is 5.32 Å². The third-order valence-corrected chi connectivity index (χ3v) is 4.91. The summed E-state index contributed by atoms with van der Waals surface area (Å²) in [6, 6.07) is 10.3. The number of aromatic nitrogens is 1. The number of hydrogen-bond donors (Lipinski definition) is 1. The molecule has 1 aromatic carbocycles. The van der Waals surface area contributed by atoms with E-state index >= 15 is 0 Å². The number of rotatable bonds is 6. The van der Waals surface area contributed by atoms with Crippen LogP contribution in [0.2, 0.25) is 5.02 Å². The number of halogens is 1. The lowest BCUT2D eigenvalue weighted by Gasteiger charge is -2.19. The highest BCUT2D eigenvalue weighted by Gasteiger charge is 2.21. The summed E-state index contributed by atoms with van der Waals surface area (Å²) < 4.78 is 24.9. The molecule has 2 aromatic rings. The molecule has 1 heterocycles. The molecule has 0 aliphatic carbocycles. The van der Waals surface area contributed by atoms with Gasteiger partial charge in [0, 0.05) is 16.9 Å². The molecule has 0 unspecified atom stereocenters. The summed E-state index contributed by atoms with van der Waals surface area (Å²) in [5.41, 5.74) is 1.97. The lowest BCUT2D eigenvalue weighted by Crippen LogP contribution is -2.37. The predicted molar refractivity (Wildman–Crippen MR) is 94.3 cm³/mol. The maximum Gasteiger partial charge on any atom is 0.239 e. The van der Waals surface area contributed by atoms with Gasteiger partial charge in [-0.1, -0.05) is 23.7 Å². The summed E-state index contributed by atoms with van der Waals surface area (Å²) >= 11 is 6.02. The fourth-order valence-corrected chi connectivity index (χ4v) is 2.89. The number of benzene rings is 1. The number of nitrogens with one attached hydrogen (secondary N) is 1. The van der Waals surface area contributed by atoms with Gasteiger partial charge in [-0.15, -0.1) is 0 Å². The zero-order valence-electron chi connectivity index (χ0n) is 13.4. The van der Waals surface area contributed by atoms with Gasteiger partial charge in [-0.05, 0) is 36.8 Å². The lowest BCUT2D eigenvalue weighted by molar-refractivity contribution is -0.116. The number of carbonyl (C=O) groups excluding carboxylic acids is 1. The van der Waals surface area contributed by atoms with E-state index in [1.165, 1.54) is 0 Å². The Labute approximate surface area is 146 Å². The first-order valence-electron chi connectivity index (χ1n) is 7.17. The second-order valence-electron chi connectivity index (χ2n) is 5.36. The van der Waals surface area contributed by atoms with Crippen LogP contribution in [-0.4, -0.2) is 36.4 Å². The summed E-state index contributed by atoms with van der Waals surface area (Å²) in [5, 5.41) is 3.18. The molecule has 0 aliphatic rings. The van der Waals surface area contributed by atoms with Crippen LogP contribution in [0.1, 0.15) is 11.3 Å². The van der Waals surface area contributed by atoms with Crippen LogP contribution < -0.4 is 5.32 Å². The third-order valence-electron chi connectivity index (χ3n) is 3.31. The SMILES string of the molecule is Cc1ccc(NC(=O)CN(Cc2ccccn2)S(C)(=O)=O)cc1Cl. The first kappa shape index (κ1) is 18.4. The molecule has 0 fully saturated rings. The number of pyridine rings is 1.